The highest BCUT2D eigenvalue weighted by molar-refractivity contribution is 6.31. The number of halogens is 2. The number of hydrazone groups is 1. The number of nitrogens with zero attached hydrogens (tertiary/aromatic N) is 1. The molecule has 0 aliphatic rings. The summed E-state index contributed by atoms with van der Waals surface area (Å²) >= 11 is 12.1. The zero-order valence-corrected chi connectivity index (χ0v) is 17.8. The lowest BCUT2D eigenvalue weighted by Crippen LogP contribution is -2.24. The van der Waals surface area contributed by atoms with Crippen LogP contribution in [0.2, 0.25) is 10.0 Å². The molecule has 0 fully saturated rings. The van der Waals surface area contributed by atoms with E-state index in [4.69, 9.17) is 32.7 Å². The Hall–Kier alpha value is -3.02. The van der Waals surface area contributed by atoms with Gasteiger partial charge in [-0.2, -0.15) is 5.10 Å². The topological polar surface area (TPSA) is 59.9 Å². The first-order valence-electron chi connectivity index (χ1n) is 9.18. The smallest absolute Gasteiger partial charge is 0.277 e. The van der Waals surface area contributed by atoms with Crippen LogP contribution < -0.4 is 14.9 Å². The number of rotatable bonds is 8. The fourth-order valence-electron chi connectivity index (χ4n) is 2.49. The van der Waals surface area contributed by atoms with Crippen molar-refractivity contribution in [2.45, 2.75) is 13.5 Å². The summed E-state index contributed by atoms with van der Waals surface area (Å²) in [6, 6.07) is 20.1. The summed E-state index contributed by atoms with van der Waals surface area (Å²) in [5, 5.41) is 5.26. The summed E-state index contributed by atoms with van der Waals surface area (Å²) in [6.07, 6.45) is 1.54. The Morgan fingerprint density at radius 1 is 0.967 bits per heavy atom. The van der Waals surface area contributed by atoms with Gasteiger partial charge < -0.3 is 9.47 Å². The largest absolute Gasteiger partial charge is 0.489 e. The highest BCUT2D eigenvalue weighted by Gasteiger charge is 2.04. The lowest BCUT2D eigenvalue weighted by atomic mass is 10.2. The fraction of sp³-hybridized carbons (Fsp3) is 0.130. The zero-order valence-electron chi connectivity index (χ0n) is 16.3. The second-order valence-corrected chi connectivity index (χ2v) is 7.26. The lowest BCUT2D eigenvalue weighted by molar-refractivity contribution is -0.123. The molecule has 0 aliphatic carbocycles. The molecular formula is C23H20Cl2N2O3. The first kappa shape index (κ1) is 21.7. The van der Waals surface area contributed by atoms with Crippen LogP contribution in [0.15, 0.2) is 71.8 Å². The van der Waals surface area contributed by atoms with Crippen molar-refractivity contribution in [1.82, 2.24) is 5.43 Å². The molecule has 5 nitrogen and oxygen atoms in total. The van der Waals surface area contributed by atoms with E-state index in [-0.39, 0.29) is 12.5 Å². The molecule has 0 saturated carbocycles. The van der Waals surface area contributed by atoms with E-state index in [2.05, 4.69) is 10.5 Å². The van der Waals surface area contributed by atoms with E-state index in [9.17, 15) is 4.79 Å². The number of carbonyl (C=O) groups is 1. The van der Waals surface area contributed by atoms with Crippen LogP contribution in [-0.2, 0) is 11.4 Å². The van der Waals surface area contributed by atoms with Crippen LogP contribution in [0.4, 0.5) is 0 Å². The van der Waals surface area contributed by atoms with E-state index in [1.54, 1.807) is 24.4 Å². The molecule has 0 unspecified atom stereocenters. The average molecular weight is 443 g/mol. The van der Waals surface area contributed by atoms with Crippen molar-refractivity contribution in [3.8, 4) is 11.5 Å². The summed E-state index contributed by atoms with van der Waals surface area (Å²) in [4.78, 5) is 11.9. The molecule has 3 rings (SSSR count). The van der Waals surface area contributed by atoms with E-state index in [0.717, 1.165) is 16.7 Å². The van der Waals surface area contributed by atoms with Crippen LogP contribution in [-0.4, -0.2) is 18.7 Å². The molecule has 30 heavy (non-hydrogen) atoms. The molecule has 0 heterocycles. The van der Waals surface area contributed by atoms with E-state index in [0.29, 0.717) is 28.2 Å². The minimum Gasteiger partial charge on any atom is -0.489 e. The Morgan fingerprint density at radius 2 is 1.70 bits per heavy atom. The van der Waals surface area contributed by atoms with Gasteiger partial charge in [-0.15, -0.1) is 0 Å². The number of carbonyl (C=O) groups excluding carboxylic acids is 1. The van der Waals surface area contributed by atoms with E-state index < -0.39 is 0 Å². The molecule has 1 N–H and O–H groups in total. The highest BCUT2D eigenvalue weighted by Crippen LogP contribution is 2.21. The number of nitrogens with one attached hydrogen (secondary N) is 1. The molecule has 0 aromatic heterocycles. The first-order chi connectivity index (χ1) is 14.5. The molecule has 3 aromatic rings. The quantitative estimate of drug-likeness (QED) is 0.374. The van der Waals surface area contributed by atoms with Gasteiger partial charge in [0.25, 0.3) is 5.91 Å². The minimum absolute atomic E-state index is 0.146. The molecule has 0 aliphatic heterocycles. The summed E-state index contributed by atoms with van der Waals surface area (Å²) < 4.78 is 11.2. The first-order valence-corrected chi connectivity index (χ1v) is 9.94. The number of amides is 1. The van der Waals surface area contributed by atoms with Gasteiger partial charge in [-0.25, -0.2) is 5.43 Å². The van der Waals surface area contributed by atoms with Gasteiger partial charge in [-0.1, -0.05) is 41.4 Å². The van der Waals surface area contributed by atoms with Gasteiger partial charge >= 0.3 is 0 Å². The molecule has 0 spiro atoms. The second-order valence-electron chi connectivity index (χ2n) is 6.44. The molecular weight excluding hydrogens is 423 g/mol. The Kier molecular flexibility index (Phi) is 7.71. The SMILES string of the molecule is Cc1cc(OCC(=O)N/N=C/c2ccc(OCc3ccccc3Cl)cc2)ccc1Cl. The fourth-order valence-corrected chi connectivity index (χ4v) is 2.80. The summed E-state index contributed by atoms with van der Waals surface area (Å²) in [5.74, 6) is 0.921. The van der Waals surface area contributed by atoms with Crippen molar-refractivity contribution < 1.29 is 14.3 Å². The van der Waals surface area contributed by atoms with Gasteiger partial charge in [0.2, 0.25) is 0 Å². The summed E-state index contributed by atoms with van der Waals surface area (Å²) in [5.41, 5.74) is 5.04. The molecule has 0 atom stereocenters. The Balaban J connectivity index is 1.43. The molecule has 0 radical (unpaired) electrons. The standard InChI is InChI=1S/C23H20Cl2N2O3/c1-16-12-20(10-11-21(16)24)30-15-23(28)27-26-13-17-6-8-19(9-7-17)29-14-18-4-2-3-5-22(18)25/h2-13H,14-15H2,1H3,(H,27,28)/b26-13+. The highest BCUT2D eigenvalue weighted by atomic mass is 35.5. The third kappa shape index (κ3) is 6.51. The molecule has 7 heteroatoms. The van der Waals surface area contributed by atoms with Crippen molar-refractivity contribution in [1.29, 1.82) is 0 Å². The predicted octanol–water partition coefficient (Wildman–Crippen LogP) is 5.41. The molecule has 154 valence electrons. The van der Waals surface area contributed by atoms with Crippen molar-refractivity contribution in [2.24, 2.45) is 5.10 Å². The molecule has 1 amide bonds. The molecule has 0 bridgehead atoms. The van der Waals surface area contributed by atoms with Crippen LogP contribution in [0, 0.1) is 6.92 Å². The number of hydrogen-bond donors (Lipinski definition) is 1. The van der Waals surface area contributed by atoms with Crippen molar-refractivity contribution in [3.63, 3.8) is 0 Å². The number of benzene rings is 3. The maximum atomic E-state index is 11.9. The maximum absolute atomic E-state index is 11.9. The minimum atomic E-state index is -0.362. The van der Waals surface area contributed by atoms with Gasteiger partial charge in [-0.05, 0) is 66.6 Å². The third-order valence-corrected chi connectivity index (χ3v) is 4.93. The Labute approximate surface area is 185 Å². The summed E-state index contributed by atoms with van der Waals surface area (Å²) in [6.45, 7) is 2.11. The van der Waals surface area contributed by atoms with Crippen LogP contribution in [0.1, 0.15) is 16.7 Å². The lowest BCUT2D eigenvalue weighted by Gasteiger charge is -2.08. The second kappa shape index (κ2) is 10.7. The van der Waals surface area contributed by atoms with Crippen LogP contribution in [0.3, 0.4) is 0 Å². The maximum Gasteiger partial charge on any atom is 0.277 e. The summed E-state index contributed by atoms with van der Waals surface area (Å²) in [7, 11) is 0. The van der Waals surface area contributed by atoms with Gasteiger partial charge in [0.15, 0.2) is 6.61 Å². The average Bonchev–Trinajstić information content (AvgIpc) is 2.75. The number of ether oxygens (including phenoxy) is 2. The van der Waals surface area contributed by atoms with Crippen molar-refractivity contribution in [3.05, 3.63) is 93.5 Å². The Morgan fingerprint density at radius 3 is 2.43 bits per heavy atom. The van der Waals surface area contributed by atoms with Gasteiger partial charge in [0.1, 0.15) is 18.1 Å². The van der Waals surface area contributed by atoms with E-state index in [1.165, 1.54) is 0 Å². The van der Waals surface area contributed by atoms with E-state index in [1.807, 2.05) is 55.5 Å². The monoisotopic (exact) mass is 442 g/mol. The number of aryl methyl sites for hydroxylation is 1. The Bertz CT molecular complexity index is 1040. The zero-order chi connectivity index (χ0) is 21.3. The van der Waals surface area contributed by atoms with Gasteiger partial charge in [0.05, 0.1) is 6.21 Å². The predicted molar refractivity (Wildman–Crippen MR) is 120 cm³/mol. The van der Waals surface area contributed by atoms with Crippen molar-refractivity contribution >= 4 is 35.3 Å². The third-order valence-electron chi connectivity index (χ3n) is 4.13. The van der Waals surface area contributed by atoms with Crippen molar-refractivity contribution in [2.75, 3.05) is 6.61 Å². The van der Waals surface area contributed by atoms with Crippen LogP contribution in [0.5, 0.6) is 11.5 Å². The van der Waals surface area contributed by atoms with Crippen LogP contribution >= 0.6 is 23.2 Å². The van der Waals surface area contributed by atoms with E-state index >= 15 is 0 Å². The van der Waals surface area contributed by atoms with Crippen LogP contribution in [0.25, 0.3) is 0 Å². The normalized spacial score (nSPS) is 10.8. The van der Waals surface area contributed by atoms with Gasteiger partial charge in [0, 0.05) is 15.6 Å². The molecule has 3 aromatic carbocycles. The van der Waals surface area contributed by atoms with Gasteiger partial charge in [-0.3, -0.25) is 4.79 Å². The number of hydrogen-bond acceptors (Lipinski definition) is 4. The molecule has 0 saturated heterocycles.